The van der Waals surface area contributed by atoms with Crippen LogP contribution in [0.4, 0.5) is 0 Å². The number of carbonyl (C=O) groups is 2. The van der Waals surface area contributed by atoms with Gasteiger partial charge in [-0.1, -0.05) is 28.1 Å². The molecule has 2 aromatic rings. The fourth-order valence-corrected chi connectivity index (χ4v) is 3.94. The summed E-state index contributed by atoms with van der Waals surface area (Å²) in [6.07, 6.45) is 0.591. The van der Waals surface area contributed by atoms with Gasteiger partial charge in [0.2, 0.25) is 0 Å². The van der Waals surface area contributed by atoms with Crippen molar-refractivity contribution in [1.82, 2.24) is 4.90 Å². The van der Waals surface area contributed by atoms with E-state index in [2.05, 4.69) is 15.9 Å². The van der Waals surface area contributed by atoms with Crippen LogP contribution < -0.4 is 4.74 Å². The minimum absolute atomic E-state index is 0.0830. The normalized spacial score (nSPS) is 18.1. The van der Waals surface area contributed by atoms with Crippen LogP contribution in [-0.4, -0.2) is 48.6 Å². The molecule has 1 aliphatic heterocycles. The van der Waals surface area contributed by atoms with Crippen molar-refractivity contribution < 1.29 is 24.2 Å². The van der Waals surface area contributed by atoms with E-state index in [1.54, 1.807) is 31.4 Å². The Labute approximate surface area is 184 Å². The molecular formula is C23H24BrNO5. The first-order valence-corrected chi connectivity index (χ1v) is 10.5. The van der Waals surface area contributed by atoms with Crippen LogP contribution in [-0.2, 0) is 14.3 Å². The lowest BCUT2D eigenvalue weighted by molar-refractivity contribution is -0.140. The van der Waals surface area contributed by atoms with E-state index in [1.807, 2.05) is 31.2 Å². The predicted molar refractivity (Wildman–Crippen MR) is 117 cm³/mol. The topological polar surface area (TPSA) is 76.1 Å². The molecule has 1 fully saturated rings. The summed E-state index contributed by atoms with van der Waals surface area (Å²) in [5, 5.41) is 11.0. The zero-order chi connectivity index (χ0) is 21.7. The molecule has 1 saturated heterocycles. The van der Waals surface area contributed by atoms with Crippen molar-refractivity contribution >= 4 is 33.4 Å². The fraction of sp³-hybridized carbons (Fsp3) is 0.304. The zero-order valence-electron chi connectivity index (χ0n) is 16.9. The number of Topliss-reactive ketones (excluding diaryl/α,β-unsaturated/α-hetero) is 1. The predicted octanol–water partition coefficient (Wildman–Crippen LogP) is 4.31. The van der Waals surface area contributed by atoms with E-state index < -0.39 is 17.7 Å². The summed E-state index contributed by atoms with van der Waals surface area (Å²) in [4.78, 5) is 27.3. The monoisotopic (exact) mass is 473 g/mol. The van der Waals surface area contributed by atoms with Gasteiger partial charge in [0, 0.05) is 29.8 Å². The van der Waals surface area contributed by atoms with Gasteiger partial charge < -0.3 is 19.5 Å². The standard InChI is InChI=1S/C23H24BrNO5/c1-3-30-13-5-12-25-20(16-6-4-7-17(24)14-16)19(22(27)23(25)28)21(26)15-8-10-18(29-2)11-9-15/h4,6-11,14,20,26H,3,5,12-13H2,1-2H3/b21-19-. The number of ketones is 1. The molecule has 2 aromatic carbocycles. The fourth-order valence-electron chi connectivity index (χ4n) is 3.52. The van der Waals surface area contributed by atoms with Crippen molar-refractivity contribution in [2.24, 2.45) is 0 Å². The summed E-state index contributed by atoms with van der Waals surface area (Å²) in [5.74, 6) is -0.879. The highest BCUT2D eigenvalue weighted by Gasteiger charge is 2.45. The number of nitrogens with zero attached hydrogens (tertiary/aromatic N) is 1. The maximum absolute atomic E-state index is 12.9. The van der Waals surface area contributed by atoms with Gasteiger partial charge in [-0.15, -0.1) is 0 Å². The highest BCUT2D eigenvalue weighted by molar-refractivity contribution is 9.10. The number of likely N-dealkylation sites (tertiary alicyclic amines) is 1. The zero-order valence-corrected chi connectivity index (χ0v) is 18.5. The number of rotatable bonds is 8. The lowest BCUT2D eigenvalue weighted by atomic mass is 9.95. The van der Waals surface area contributed by atoms with Crippen molar-refractivity contribution in [1.29, 1.82) is 0 Å². The first-order chi connectivity index (χ1) is 14.5. The number of benzene rings is 2. The molecule has 0 radical (unpaired) electrons. The van der Waals surface area contributed by atoms with Crippen LogP contribution in [0.1, 0.15) is 30.5 Å². The first kappa shape index (κ1) is 22.1. The SMILES string of the molecule is CCOCCCN1C(=O)C(=O)/C(=C(\O)c2ccc(OC)cc2)C1c1cccc(Br)c1. The second-order valence-corrected chi connectivity index (χ2v) is 7.74. The molecule has 0 aliphatic carbocycles. The van der Waals surface area contributed by atoms with E-state index >= 15 is 0 Å². The van der Waals surface area contributed by atoms with Gasteiger partial charge in [-0.2, -0.15) is 0 Å². The minimum Gasteiger partial charge on any atom is -0.507 e. The molecule has 0 spiro atoms. The number of ether oxygens (including phenoxy) is 2. The Morgan fingerprint density at radius 3 is 2.53 bits per heavy atom. The number of hydrogen-bond acceptors (Lipinski definition) is 5. The molecule has 1 N–H and O–H groups in total. The summed E-state index contributed by atoms with van der Waals surface area (Å²) in [6.45, 7) is 3.33. The third-order valence-electron chi connectivity index (χ3n) is 4.96. The molecule has 30 heavy (non-hydrogen) atoms. The maximum Gasteiger partial charge on any atom is 0.295 e. The number of carbonyl (C=O) groups excluding carboxylic acids is 2. The number of methoxy groups -OCH3 is 1. The Kier molecular flexibility index (Phi) is 7.29. The molecule has 1 amide bonds. The third kappa shape index (κ3) is 4.57. The van der Waals surface area contributed by atoms with Gasteiger partial charge in [0.15, 0.2) is 0 Å². The van der Waals surface area contributed by atoms with E-state index in [4.69, 9.17) is 9.47 Å². The van der Waals surface area contributed by atoms with E-state index in [0.29, 0.717) is 37.5 Å². The van der Waals surface area contributed by atoms with Crippen LogP contribution in [0.3, 0.4) is 0 Å². The van der Waals surface area contributed by atoms with Gasteiger partial charge in [0.1, 0.15) is 11.5 Å². The average molecular weight is 474 g/mol. The van der Waals surface area contributed by atoms with E-state index in [1.165, 1.54) is 4.90 Å². The molecule has 6 nitrogen and oxygen atoms in total. The van der Waals surface area contributed by atoms with Crippen LogP contribution in [0.5, 0.6) is 5.75 Å². The van der Waals surface area contributed by atoms with Crippen molar-refractivity contribution in [3.63, 3.8) is 0 Å². The van der Waals surface area contributed by atoms with Crippen LogP contribution in [0, 0.1) is 0 Å². The smallest absolute Gasteiger partial charge is 0.295 e. The van der Waals surface area contributed by atoms with Gasteiger partial charge in [-0.05, 0) is 55.3 Å². The van der Waals surface area contributed by atoms with Gasteiger partial charge in [-0.3, -0.25) is 9.59 Å². The van der Waals surface area contributed by atoms with Gasteiger partial charge >= 0.3 is 0 Å². The Bertz CT molecular complexity index is 954. The van der Waals surface area contributed by atoms with Crippen LogP contribution in [0.2, 0.25) is 0 Å². The molecule has 7 heteroatoms. The molecule has 0 bridgehead atoms. The summed E-state index contributed by atoms with van der Waals surface area (Å²) >= 11 is 3.45. The van der Waals surface area contributed by atoms with Gasteiger partial charge in [-0.25, -0.2) is 0 Å². The van der Waals surface area contributed by atoms with Gasteiger partial charge in [0.05, 0.1) is 18.7 Å². The number of hydrogen-bond donors (Lipinski definition) is 1. The Hall–Kier alpha value is -2.64. The summed E-state index contributed by atoms with van der Waals surface area (Å²) in [5.41, 5.74) is 1.28. The molecule has 3 rings (SSSR count). The molecule has 1 heterocycles. The molecule has 158 valence electrons. The van der Waals surface area contributed by atoms with Crippen molar-refractivity contribution in [3.05, 3.63) is 69.7 Å². The second-order valence-electron chi connectivity index (χ2n) is 6.83. The summed E-state index contributed by atoms with van der Waals surface area (Å²) in [7, 11) is 1.55. The van der Waals surface area contributed by atoms with E-state index in [-0.39, 0.29) is 11.3 Å². The summed E-state index contributed by atoms with van der Waals surface area (Å²) < 4.78 is 11.4. The number of halogens is 1. The Morgan fingerprint density at radius 2 is 1.90 bits per heavy atom. The Balaban J connectivity index is 2.06. The highest BCUT2D eigenvalue weighted by atomic mass is 79.9. The summed E-state index contributed by atoms with van der Waals surface area (Å²) in [6, 6.07) is 13.4. The largest absolute Gasteiger partial charge is 0.507 e. The lowest BCUT2D eigenvalue weighted by Crippen LogP contribution is -2.31. The van der Waals surface area contributed by atoms with Crippen LogP contribution >= 0.6 is 15.9 Å². The number of amides is 1. The maximum atomic E-state index is 12.9. The van der Waals surface area contributed by atoms with E-state index in [9.17, 15) is 14.7 Å². The first-order valence-electron chi connectivity index (χ1n) is 9.74. The molecular weight excluding hydrogens is 450 g/mol. The molecule has 0 aromatic heterocycles. The van der Waals surface area contributed by atoms with Gasteiger partial charge in [0.25, 0.3) is 11.7 Å². The van der Waals surface area contributed by atoms with E-state index in [0.717, 1.165) is 10.0 Å². The molecule has 1 aliphatic rings. The van der Waals surface area contributed by atoms with Crippen molar-refractivity contribution in [2.45, 2.75) is 19.4 Å². The lowest BCUT2D eigenvalue weighted by Gasteiger charge is -2.25. The van der Waals surface area contributed by atoms with Crippen molar-refractivity contribution in [2.75, 3.05) is 26.9 Å². The Morgan fingerprint density at radius 1 is 1.17 bits per heavy atom. The number of aliphatic hydroxyl groups is 1. The molecule has 1 unspecified atom stereocenters. The molecule has 1 atom stereocenters. The second kappa shape index (κ2) is 9.91. The van der Waals surface area contributed by atoms with Crippen molar-refractivity contribution in [3.8, 4) is 5.75 Å². The highest BCUT2D eigenvalue weighted by Crippen LogP contribution is 2.40. The quantitative estimate of drug-likeness (QED) is 0.267. The van der Waals surface area contributed by atoms with Crippen LogP contribution in [0.25, 0.3) is 5.76 Å². The number of aliphatic hydroxyl groups excluding tert-OH is 1. The molecule has 0 saturated carbocycles. The van der Waals surface area contributed by atoms with Crippen LogP contribution in [0.15, 0.2) is 58.6 Å². The minimum atomic E-state index is -0.690. The third-order valence-corrected chi connectivity index (χ3v) is 5.45. The average Bonchev–Trinajstić information content (AvgIpc) is 3.01.